The van der Waals surface area contributed by atoms with Gasteiger partial charge in [-0.2, -0.15) is 4.73 Å². The number of thiazole rings is 1. The van der Waals surface area contributed by atoms with Crippen LogP contribution in [0.2, 0.25) is 0 Å². The van der Waals surface area contributed by atoms with Crippen LogP contribution in [0.15, 0.2) is 73.1 Å². The Labute approximate surface area is 147 Å². The van der Waals surface area contributed by atoms with E-state index in [0.717, 1.165) is 20.8 Å². The first kappa shape index (κ1) is 15.3. The average molecular weight is 347 g/mol. The van der Waals surface area contributed by atoms with Crippen LogP contribution in [0, 0.1) is 5.21 Å². The van der Waals surface area contributed by atoms with E-state index >= 15 is 0 Å². The molecule has 4 rings (SSSR count). The van der Waals surface area contributed by atoms with Crippen LogP contribution in [-0.4, -0.2) is 10.9 Å². The molecule has 0 atom stereocenters. The lowest BCUT2D eigenvalue weighted by atomic mass is 10.2. The van der Waals surface area contributed by atoms with E-state index < -0.39 is 0 Å². The summed E-state index contributed by atoms with van der Waals surface area (Å²) in [6.07, 6.45) is 2.60. The van der Waals surface area contributed by atoms with Gasteiger partial charge in [0.05, 0.1) is 15.8 Å². The highest BCUT2D eigenvalue weighted by atomic mass is 32.1. The van der Waals surface area contributed by atoms with Crippen LogP contribution < -0.4 is 10.0 Å². The summed E-state index contributed by atoms with van der Waals surface area (Å²) in [6, 6.07) is 18.5. The van der Waals surface area contributed by atoms with E-state index in [1.54, 1.807) is 11.3 Å². The average Bonchev–Trinajstić information content (AvgIpc) is 3.07. The molecule has 122 valence electrons. The SMILES string of the molecule is O=C(Nc1cccc(-c2nc3ccccc3s2)c1)c1cc[n+]([O-])cc1. The molecule has 0 fully saturated rings. The molecule has 2 aromatic heterocycles. The maximum Gasteiger partial charge on any atom is 0.256 e. The first-order valence-corrected chi connectivity index (χ1v) is 8.47. The van der Waals surface area contributed by atoms with Gasteiger partial charge in [0.2, 0.25) is 0 Å². The summed E-state index contributed by atoms with van der Waals surface area (Å²) >= 11 is 1.61. The van der Waals surface area contributed by atoms with Crippen molar-refractivity contribution in [2.45, 2.75) is 0 Å². The second kappa shape index (κ2) is 6.33. The number of anilines is 1. The second-order valence-corrected chi connectivity index (χ2v) is 6.50. The Morgan fingerprint density at radius 1 is 1.04 bits per heavy atom. The second-order valence-electron chi connectivity index (χ2n) is 5.47. The van der Waals surface area contributed by atoms with E-state index in [-0.39, 0.29) is 5.91 Å². The van der Waals surface area contributed by atoms with Gasteiger partial charge >= 0.3 is 0 Å². The fraction of sp³-hybridized carbons (Fsp3) is 0. The third-order valence-electron chi connectivity index (χ3n) is 3.73. The minimum absolute atomic E-state index is 0.262. The zero-order valence-corrected chi connectivity index (χ0v) is 13.9. The maximum atomic E-state index is 12.3. The first-order valence-electron chi connectivity index (χ1n) is 7.65. The molecule has 5 nitrogen and oxygen atoms in total. The molecule has 0 aliphatic carbocycles. The number of pyridine rings is 1. The monoisotopic (exact) mass is 347 g/mol. The molecule has 0 saturated carbocycles. The van der Waals surface area contributed by atoms with Gasteiger partial charge in [0.25, 0.3) is 5.91 Å². The summed E-state index contributed by atoms with van der Waals surface area (Å²) in [5, 5.41) is 14.8. The number of hydrogen-bond acceptors (Lipinski definition) is 4. The fourth-order valence-corrected chi connectivity index (χ4v) is 3.46. The van der Waals surface area contributed by atoms with Crippen LogP contribution >= 0.6 is 11.3 Å². The number of benzene rings is 2. The zero-order chi connectivity index (χ0) is 17.2. The number of fused-ring (bicyclic) bond motifs is 1. The quantitative estimate of drug-likeness (QED) is 0.452. The van der Waals surface area contributed by atoms with Crippen molar-refractivity contribution in [3.63, 3.8) is 0 Å². The Kier molecular flexibility index (Phi) is 3.87. The van der Waals surface area contributed by atoms with E-state index in [1.807, 2.05) is 48.5 Å². The third-order valence-corrected chi connectivity index (χ3v) is 4.81. The Bertz CT molecular complexity index is 1020. The van der Waals surface area contributed by atoms with Gasteiger partial charge in [0, 0.05) is 23.4 Å². The van der Waals surface area contributed by atoms with Crippen molar-refractivity contribution in [3.05, 3.63) is 83.8 Å². The normalized spacial score (nSPS) is 10.7. The van der Waals surface area contributed by atoms with Gasteiger partial charge in [-0.25, -0.2) is 4.98 Å². The Balaban J connectivity index is 1.60. The standard InChI is InChI=1S/C19H13N3O2S/c23-18(13-8-10-22(24)11-9-13)20-15-5-3-4-14(12-15)19-21-16-6-1-2-7-17(16)25-19/h1-12H,(H,20,23). The smallest absolute Gasteiger partial charge is 0.256 e. The molecule has 1 amide bonds. The van der Waals surface area contributed by atoms with Crippen molar-refractivity contribution in [3.8, 4) is 10.6 Å². The summed E-state index contributed by atoms with van der Waals surface area (Å²) in [5.41, 5.74) is 3.02. The Morgan fingerprint density at radius 3 is 2.64 bits per heavy atom. The molecular weight excluding hydrogens is 334 g/mol. The summed E-state index contributed by atoms with van der Waals surface area (Å²) in [6.45, 7) is 0. The Hall–Kier alpha value is -3.25. The van der Waals surface area contributed by atoms with Gasteiger partial charge in [0.1, 0.15) is 5.01 Å². The van der Waals surface area contributed by atoms with E-state index in [1.165, 1.54) is 24.5 Å². The molecule has 6 heteroatoms. The van der Waals surface area contributed by atoms with Gasteiger partial charge in [-0.1, -0.05) is 24.3 Å². The minimum atomic E-state index is -0.262. The summed E-state index contributed by atoms with van der Waals surface area (Å²) in [5.74, 6) is -0.262. The lowest BCUT2D eigenvalue weighted by Crippen LogP contribution is -2.25. The van der Waals surface area contributed by atoms with Crippen LogP contribution in [0.3, 0.4) is 0 Å². The lowest BCUT2D eigenvalue weighted by molar-refractivity contribution is -0.605. The van der Waals surface area contributed by atoms with Gasteiger partial charge in [-0.3, -0.25) is 4.79 Å². The number of rotatable bonds is 3. The molecule has 0 saturated heterocycles. The zero-order valence-electron chi connectivity index (χ0n) is 13.0. The maximum absolute atomic E-state index is 12.3. The van der Waals surface area contributed by atoms with E-state index in [0.29, 0.717) is 16.0 Å². The third kappa shape index (κ3) is 3.20. The molecule has 0 aliphatic rings. The van der Waals surface area contributed by atoms with Crippen molar-refractivity contribution in [1.29, 1.82) is 0 Å². The number of nitrogens with one attached hydrogen (secondary N) is 1. The molecule has 0 aliphatic heterocycles. The Morgan fingerprint density at radius 2 is 1.84 bits per heavy atom. The van der Waals surface area contributed by atoms with Crippen LogP contribution in [0.1, 0.15) is 10.4 Å². The predicted molar refractivity (Wildman–Crippen MR) is 98.4 cm³/mol. The van der Waals surface area contributed by atoms with E-state index in [4.69, 9.17) is 0 Å². The largest absolute Gasteiger partial charge is 0.619 e. The van der Waals surface area contributed by atoms with Crippen LogP contribution in [-0.2, 0) is 0 Å². The van der Waals surface area contributed by atoms with E-state index in [2.05, 4.69) is 10.3 Å². The van der Waals surface area contributed by atoms with Gasteiger partial charge < -0.3 is 10.5 Å². The van der Waals surface area contributed by atoms with Gasteiger partial charge in [-0.15, -0.1) is 11.3 Å². The molecule has 0 bridgehead atoms. The van der Waals surface area contributed by atoms with Gasteiger partial charge in [-0.05, 0) is 24.3 Å². The van der Waals surface area contributed by atoms with Crippen molar-refractivity contribution >= 4 is 33.1 Å². The van der Waals surface area contributed by atoms with Crippen LogP contribution in [0.4, 0.5) is 5.69 Å². The molecule has 1 N–H and O–H groups in total. The molecule has 25 heavy (non-hydrogen) atoms. The highest BCUT2D eigenvalue weighted by molar-refractivity contribution is 7.21. The minimum Gasteiger partial charge on any atom is -0.619 e. The van der Waals surface area contributed by atoms with Crippen molar-refractivity contribution in [2.24, 2.45) is 0 Å². The molecule has 0 spiro atoms. The topological polar surface area (TPSA) is 68.9 Å². The summed E-state index contributed by atoms with van der Waals surface area (Å²) < 4.78 is 1.77. The summed E-state index contributed by atoms with van der Waals surface area (Å²) in [7, 11) is 0. The number of carbonyl (C=O) groups excluding carboxylic acids is 1. The summed E-state index contributed by atoms with van der Waals surface area (Å²) in [4.78, 5) is 16.9. The predicted octanol–water partition coefficient (Wildman–Crippen LogP) is 3.85. The molecule has 0 unspecified atom stereocenters. The number of amides is 1. The van der Waals surface area contributed by atoms with Crippen molar-refractivity contribution < 1.29 is 9.52 Å². The van der Waals surface area contributed by atoms with Crippen molar-refractivity contribution in [1.82, 2.24) is 4.98 Å². The molecule has 2 aromatic carbocycles. The molecular formula is C19H13N3O2S. The highest BCUT2D eigenvalue weighted by Gasteiger charge is 2.10. The number of para-hydroxylation sites is 1. The van der Waals surface area contributed by atoms with E-state index in [9.17, 15) is 10.0 Å². The molecule has 4 aromatic rings. The number of hydrogen-bond donors (Lipinski definition) is 1. The van der Waals surface area contributed by atoms with Crippen molar-refractivity contribution in [2.75, 3.05) is 5.32 Å². The molecule has 0 radical (unpaired) electrons. The lowest BCUT2D eigenvalue weighted by Gasteiger charge is -2.06. The van der Waals surface area contributed by atoms with Gasteiger partial charge in [0.15, 0.2) is 12.4 Å². The fourth-order valence-electron chi connectivity index (χ4n) is 2.49. The number of aromatic nitrogens is 2. The number of carbonyl (C=O) groups is 1. The first-order chi connectivity index (χ1) is 12.2. The highest BCUT2D eigenvalue weighted by Crippen LogP contribution is 2.31. The number of nitrogens with zero attached hydrogens (tertiary/aromatic N) is 2. The van der Waals surface area contributed by atoms with Crippen LogP contribution in [0.25, 0.3) is 20.8 Å². The molecule has 2 heterocycles. The van der Waals surface area contributed by atoms with Crippen LogP contribution in [0.5, 0.6) is 0 Å².